The van der Waals surface area contributed by atoms with Crippen LogP contribution in [0, 0.1) is 13.8 Å². The van der Waals surface area contributed by atoms with Crippen LogP contribution in [0.5, 0.6) is 5.75 Å². The number of anilines is 1. The smallest absolute Gasteiger partial charge is 0.235 e. The van der Waals surface area contributed by atoms with Gasteiger partial charge in [0, 0.05) is 11.3 Å². The summed E-state index contributed by atoms with van der Waals surface area (Å²) in [6.45, 7) is 4.62. The Balaban J connectivity index is 1.53. The maximum atomic E-state index is 11.9. The number of rotatable bonds is 4. The van der Waals surface area contributed by atoms with Crippen molar-refractivity contribution in [3.8, 4) is 5.75 Å². The fourth-order valence-corrected chi connectivity index (χ4v) is 4.39. The minimum absolute atomic E-state index is 0.0200. The second kappa shape index (κ2) is 7.48. The van der Waals surface area contributed by atoms with E-state index in [0.717, 1.165) is 22.6 Å². The Labute approximate surface area is 162 Å². The zero-order chi connectivity index (χ0) is 18.8. The summed E-state index contributed by atoms with van der Waals surface area (Å²) in [7, 11) is 0. The van der Waals surface area contributed by atoms with Gasteiger partial charge in [-0.05, 0) is 42.7 Å². The van der Waals surface area contributed by atoms with E-state index in [2.05, 4.69) is 46.7 Å². The number of nitrogens with zero attached hydrogens (tertiary/aromatic N) is 1. The summed E-state index contributed by atoms with van der Waals surface area (Å²) in [6, 6.07) is 16.3. The number of carbonyl (C=O) groups excluding carboxylic acids is 1. The van der Waals surface area contributed by atoms with Gasteiger partial charge in [-0.15, -0.1) is 11.8 Å². The first-order valence-corrected chi connectivity index (χ1v) is 9.90. The first kappa shape index (κ1) is 17.7. The van der Waals surface area contributed by atoms with Gasteiger partial charge < -0.3 is 10.1 Å². The third kappa shape index (κ3) is 3.71. The number of ether oxygens (including phenoxy) is 1. The maximum Gasteiger partial charge on any atom is 0.235 e. The van der Waals surface area contributed by atoms with Crippen molar-refractivity contribution in [1.29, 1.82) is 0 Å². The molecule has 2 N–H and O–H groups in total. The van der Waals surface area contributed by atoms with E-state index < -0.39 is 0 Å². The summed E-state index contributed by atoms with van der Waals surface area (Å²) >= 11 is 1.61. The number of hydrogen-bond donors (Lipinski definition) is 2. The third-order valence-corrected chi connectivity index (χ3v) is 6.00. The molecule has 5 nitrogen and oxygen atoms in total. The van der Waals surface area contributed by atoms with Crippen LogP contribution < -0.4 is 10.1 Å². The lowest BCUT2D eigenvalue weighted by Gasteiger charge is -2.16. The number of aromatic nitrogens is 2. The van der Waals surface area contributed by atoms with Crippen LogP contribution in [-0.2, 0) is 11.4 Å². The van der Waals surface area contributed by atoms with Crippen LogP contribution in [0.15, 0.2) is 48.5 Å². The molecular weight excluding hydrogens is 358 g/mol. The highest BCUT2D eigenvalue weighted by Crippen LogP contribution is 2.42. The molecular formula is C21H21N3O2S. The van der Waals surface area contributed by atoms with E-state index in [9.17, 15) is 4.79 Å². The topological polar surface area (TPSA) is 67.0 Å². The van der Waals surface area contributed by atoms with Gasteiger partial charge in [-0.1, -0.05) is 36.4 Å². The Bertz CT molecular complexity index is 966. The van der Waals surface area contributed by atoms with Gasteiger partial charge in [-0.25, -0.2) is 0 Å². The molecule has 0 aliphatic carbocycles. The average molecular weight is 379 g/mol. The summed E-state index contributed by atoms with van der Waals surface area (Å²) in [5.41, 5.74) is 5.56. The number of benzene rings is 2. The fraction of sp³-hybridized carbons (Fsp3) is 0.238. The van der Waals surface area contributed by atoms with E-state index in [0.29, 0.717) is 18.2 Å². The normalized spacial score (nSPS) is 16.4. The van der Waals surface area contributed by atoms with E-state index in [1.807, 2.05) is 31.2 Å². The number of hydrogen-bond acceptors (Lipinski definition) is 4. The number of aryl methyl sites for hydroxylation is 2. The number of thioether (sulfide) groups is 1. The Kier molecular flexibility index (Phi) is 4.90. The maximum absolute atomic E-state index is 11.9. The molecule has 0 spiro atoms. The summed E-state index contributed by atoms with van der Waals surface area (Å²) in [5, 5.41) is 10.1. The summed E-state index contributed by atoms with van der Waals surface area (Å²) in [6.07, 6.45) is 0. The number of carbonyl (C=O) groups is 1. The van der Waals surface area contributed by atoms with Crippen molar-refractivity contribution in [3.05, 3.63) is 76.5 Å². The molecule has 1 aliphatic heterocycles. The van der Waals surface area contributed by atoms with Crippen molar-refractivity contribution in [1.82, 2.24) is 10.2 Å². The highest BCUT2D eigenvalue weighted by atomic mass is 32.2. The van der Waals surface area contributed by atoms with Crippen molar-refractivity contribution < 1.29 is 9.53 Å². The quantitative estimate of drug-likeness (QED) is 0.706. The van der Waals surface area contributed by atoms with Crippen molar-refractivity contribution >= 4 is 23.5 Å². The molecule has 0 radical (unpaired) electrons. The van der Waals surface area contributed by atoms with E-state index in [1.165, 1.54) is 11.1 Å². The highest BCUT2D eigenvalue weighted by molar-refractivity contribution is 8.00. The largest absolute Gasteiger partial charge is 0.489 e. The van der Waals surface area contributed by atoms with Gasteiger partial charge in [0.15, 0.2) is 5.82 Å². The first-order valence-electron chi connectivity index (χ1n) is 8.85. The van der Waals surface area contributed by atoms with Crippen LogP contribution in [0.1, 0.15) is 33.2 Å². The fourth-order valence-electron chi connectivity index (χ4n) is 3.20. The Morgan fingerprint density at radius 1 is 1.15 bits per heavy atom. The zero-order valence-corrected chi connectivity index (χ0v) is 16.1. The van der Waals surface area contributed by atoms with Crippen molar-refractivity contribution in [3.63, 3.8) is 0 Å². The summed E-state index contributed by atoms with van der Waals surface area (Å²) < 4.78 is 5.94. The van der Waals surface area contributed by atoms with Crippen LogP contribution >= 0.6 is 11.8 Å². The predicted molar refractivity (Wildman–Crippen MR) is 108 cm³/mol. The van der Waals surface area contributed by atoms with E-state index in [4.69, 9.17) is 4.74 Å². The predicted octanol–water partition coefficient (Wildman–Crippen LogP) is 4.38. The van der Waals surface area contributed by atoms with Crippen LogP contribution in [0.25, 0.3) is 0 Å². The second-order valence-corrected chi connectivity index (χ2v) is 7.73. The number of fused-ring (bicyclic) bond motifs is 1. The van der Waals surface area contributed by atoms with Crippen molar-refractivity contribution in [2.45, 2.75) is 25.7 Å². The minimum atomic E-state index is -0.0200. The molecule has 0 fully saturated rings. The van der Waals surface area contributed by atoms with E-state index in [1.54, 1.807) is 11.8 Å². The van der Waals surface area contributed by atoms with Gasteiger partial charge in [0.05, 0.1) is 11.0 Å². The highest BCUT2D eigenvalue weighted by Gasteiger charge is 2.28. The summed E-state index contributed by atoms with van der Waals surface area (Å²) in [5.74, 6) is 1.85. The first-order chi connectivity index (χ1) is 13.1. The lowest BCUT2D eigenvalue weighted by Crippen LogP contribution is -2.12. The van der Waals surface area contributed by atoms with Gasteiger partial charge in [-0.2, -0.15) is 5.10 Å². The van der Waals surface area contributed by atoms with Crippen LogP contribution in [0.3, 0.4) is 0 Å². The molecule has 1 atom stereocenters. The molecule has 1 amide bonds. The molecule has 138 valence electrons. The van der Waals surface area contributed by atoms with Crippen molar-refractivity contribution in [2.24, 2.45) is 0 Å². The lowest BCUT2D eigenvalue weighted by molar-refractivity contribution is -0.113. The standard InChI is InChI=1S/C21H21N3O2S/c1-13-5-3-4-6-16(13)11-26-17-9-7-15(8-10-17)20-19-14(2)23-24-21(19)22-18(25)12-27-20/h3-10,20H,11-12H2,1-2H3,(H2,22,23,24,25). The Morgan fingerprint density at radius 3 is 2.70 bits per heavy atom. The van der Waals surface area contributed by atoms with Gasteiger partial charge in [-0.3, -0.25) is 9.89 Å². The number of nitrogens with one attached hydrogen (secondary N) is 2. The number of H-pyrrole nitrogens is 1. The van der Waals surface area contributed by atoms with Crippen LogP contribution in [0.4, 0.5) is 5.82 Å². The monoisotopic (exact) mass is 379 g/mol. The molecule has 1 aliphatic rings. The Morgan fingerprint density at radius 2 is 1.93 bits per heavy atom. The molecule has 2 heterocycles. The molecule has 1 unspecified atom stereocenters. The molecule has 2 aromatic carbocycles. The van der Waals surface area contributed by atoms with Crippen molar-refractivity contribution in [2.75, 3.05) is 11.1 Å². The molecule has 0 saturated carbocycles. The molecule has 6 heteroatoms. The second-order valence-electron chi connectivity index (χ2n) is 6.63. The van der Waals surface area contributed by atoms with Crippen LogP contribution in [0.2, 0.25) is 0 Å². The molecule has 4 rings (SSSR count). The van der Waals surface area contributed by atoms with Gasteiger partial charge in [0.1, 0.15) is 12.4 Å². The third-order valence-electron chi connectivity index (χ3n) is 4.73. The van der Waals surface area contributed by atoms with Gasteiger partial charge in [0.2, 0.25) is 5.91 Å². The molecule has 0 bridgehead atoms. The zero-order valence-electron chi connectivity index (χ0n) is 15.3. The minimum Gasteiger partial charge on any atom is -0.489 e. The average Bonchev–Trinajstić information content (AvgIpc) is 2.93. The molecule has 3 aromatic rings. The lowest BCUT2D eigenvalue weighted by atomic mass is 10.0. The Hall–Kier alpha value is -2.73. The van der Waals surface area contributed by atoms with E-state index >= 15 is 0 Å². The van der Waals surface area contributed by atoms with Crippen LogP contribution in [-0.4, -0.2) is 21.9 Å². The van der Waals surface area contributed by atoms with Gasteiger partial charge >= 0.3 is 0 Å². The van der Waals surface area contributed by atoms with Gasteiger partial charge in [0.25, 0.3) is 0 Å². The number of aromatic amines is 1. The molecule has 1 aromatic heterocycles. The molecule has 27 heavy (non-hydrogen) atoms. The molecule has 0 saturated heterocycles. The summed E-state index contributed by atoms with van der Waals surface area (Å²) in [4.78, 5) is 11.9. The SMILES string of the molecule is Cc1ccccc1COc1ccc(C2SCC(=O)Nc3n[nH]c(C)c32)cc1. The number of amides is 1. The van der Waals surface area contributed by atoms with E-state index in [-0.39, 0.29) is 11.2 Å².